The molecular formula is C27H30N4O2. The van der Waals surface area contributed by atoms with Crippen LogP contribution in [0.4, 0.5) is 0 Å². The SMILES string of the molecule is Cc1nc2c(n1-c1cccc(CCC(=O)N(C)C)c1)CC[C@@]13CC1(C)C(=O)C(C#N)=C[C@]23C. The number of aromatic nitrogens is 2. The largest absolute Gasteiger partial charge is 0.349 e. The van der Waals surface area contributed by atoms with Crippen LogP contribution in [-0.2, 0) is 27.8 Å². The van der Waals surface area contributed by atoms with Crippen LogP contribution >= 0.6 is 0 Å². The molecule has 1 fully saturated rings. The van der Waals surface area contributed by atoms with E-state index in [9.17, 15) is 14.9 Å². The van der Waals surface area contributed by atoms with Crippen LogP contribution in [0.5, 0.6) is 0 Å². The van der Waals surface area contributed by atoms with Gasteiger partial charge in [0, 0.05) is 42.7 Å². The monoisotopic (exact) mass is 442 g/mol. The fraction of sp³-hybridized carbons (Fsp3) is 0.481. The van der Waals surface area contributed by atoms with Crippen molar-refractivity contribution in [1.82, 2.24) is 14.5 Å². The van der Waals surface area contributed by atoms with Crippen molar-refractivity contribution in [2.45, 2.75) is 58.3 Å². The zero-order valence-electron chi connectivity index (χ0n) is 20.0. The fourth-order valence-electron chi connectivity index (χ4n) is 6.63. The Kier molecular flexibility index (Phi) is 4.52. The lowest BCUT2D eigenvalue weighted by atomic mass is 9.58. The molecular weight excluding hydrogens is 412 g/mol. The number of aryl methyl sites for hydroxylation is 2. The summed E-state index contributed by atoms with van der Waals surface area (Å²) in [5.74, 6) is 1.03. The van der Waals surface area contributed by atoms with Gasteiger partial charge in [0.05, 0.1) is 11.3 Å². The lowest BCUT2D eigenvalue weighted by Crippen LogP contribution is -2.46. The summed E-state index contributed by atoms with van der Waals surface area (Å²) in [6, 6.07) is 10.5. The van der Waals surface area contributed by atoms with Crippen molar-refractivity contribution in [2.24, 2.45) is 10.8 Å². The molecule has 1 spiro atoms. The standard InChI is InChI=1S/C27H30N4O2/c1-17-29-23-21(31(17)20-8-6-7-18(13-20)9-10-22(32)30(4)5)11-12-27-16-26(27,3)24(33)19(15-28)14-25(23,27)2/h6-8,13-14H,9-12,16H2,1-5H3/t25-,26?,27+/m1/s1. The molecule has 3 aliphatic rings. The minimum absolute atomic E-state index is 0.00190. The molecule has 1 amide bonds. The third-order valence-electron chi connectivity index (χ3n) is 8.60. The Morgan fingerprint density at radius 1 is 1.30 bits per heavy atom. The fourth-order valence-corrected chi connectivity index (χ4v) is 6.63. The van der Waals surface area contributed by atoms with E-state index in [1.807, 2.05) is 26.0 Å². The number of amides is 1. The van der Waals surface area contributed by atoms with Gasteiger partial charge in [0.2, 0.25) is 5.91 Å². The summed E-state index contributed by atoms with van der Waals surface area (Å²) in [7, 11) is 3.56. The number of fused-ring (bicyclic) bond motifs is 2. The Morgan fingerprint density at radius 2 is 2.06 bits per heavy atom. The highest BCUT2D eigenvalue weighted by Crippen LogP contribution is 2.78. The molecule has 3 aliphatic carbocycles. The number of benzene rings is 1. The Balaban J connectivity index is 1.57. The average Bonchev–Trinajstić information content (AvgIpc) is 3.28. The predicted molar refractivity (Wildman–Crippen MR) is 125 cm³/mol. The normalized spacial score (nSPS) is 29.3. The molecule has 170 valence electrons. The summed E-state index contributed by atoms with van der Waals surface area (Å²) in [5.41, 5.74) is 3.57. The first-order valence-electron chi connectivity index (χ1n) is 11.6. The van der Waals surface area contributed by atoms with Crippen molar-refractivity contribution in [3.63, 3.8) is 0 Å². The highest BCUT2D eigenvalue weighted by molar-refractivity contribution is 6.07. The van der Waals surface area contributed by atoms with E-state index in [-0.39, 0.29) is 22.7 Å². The Labute approximate surface area is 194 Å². The van der Waals surface area contributed by atoms with Gasteiger partial charge in [-0.15, -0.1) is 0 Å². The molecule has 6 nitrogen and oxygen atoms in total. The Bertz CT molecular complexity index is 1280. The minimum atomic E-state index is -0.462. The molecule has 0 saturated heterocycles. The van der Waals surface area contributed by atoms with Crippen molar-refractivity contribution in [2.75, 3.05) is 14.1 Å². The number of Topliss-reactive ketones (excluding diaryl/α,β-unsaturated/α-hetero) is 1. The van der Waals surface area contributed by atoms with Crippen molar-refractivity contribution < 1.29 is 9.59 Å². The van der Waals surface area contributed by atoms with E-state index in [0.717, 1.165) is 42.0 Å². The summed E-state index contributed by atoms with van der Waals surface area (Å²) in [5, 5.41) is 9.66. The number of ketones is 1. The molecule has 0 N–H and O–H groups in total. The van der Waals surface area contributed by atoms with Gasteiger partial charge in [0.25, 0.3) is 0 Å². The van der Waals surface area contributed by atoms with Gasteiger partial charge in [0.15, 0.2) is 5.78 Å². The summed E-state index contributed by atoms with van der Waals surface area (Å²) < 4.78 is 2.22. The molecule has 1 aromatic carbocycles. The number of hydrogen-bond donors (Lipinski definition) is 0. The molecule has 1 aromatic heterocycles. The van der Waals surface area contributed by atoms with Crippen LogP contribution in [-0.4, -0.2) is 40.2 Å². The molecule has 1 unspecified atom stereocenters. The number of nitrogens with zero attached hydrogens (tertiary/aromatic N) is 4. The third-order valence-corrected chi connectivity index (χ3v) is 8.60. The van der Waals surface area contributed by atoms with Crippen molar-refractivity contribution in [3.8, 4) is 11.8 Å². The molecule has 1 saturated carbocycles. The number of imidazole rings is 1. The molecule has 0 radical (unpaired) electrons. The minimum Gasteiger partial charge on any atom is -0.349 e. The summed E-state index contributed by atoms with van der Waals surface area (Å²) in [4.78, 5) is 31.7. The van der Waals surface area contributed by atoms with Crippen LogP contribution in [0.15, 0.2) is 35.9 Å². The van der Waals surface area contributed by atoms with Gasteiger partial charge < -0.3 is 9.47 Å². The van der Waals surface area contributed by atoms with Gasteiger partial charge in [0.1, 0.15) is 11.9 Å². The maximum Gasteiger partial charge on any atom is 0.222 e. The molecule has 6 heteroatoms. The highest BCUT2D eigenvalue weighted by Gasteiger charge is 2.78. The highest BCUT2D eigenvalue weighted by atomic mass is 16.2. The van der Waals surface area contributed by atoms with Gasteiger partial charge >= 0.3 is 0 Å². The molecule has 5 rings (SSSR count). The summed E-state index contributed by atoms with van der Waals surface area (Å²) in [6.07, 6.45) is 5.66. The Morgan fingerprint density at radius 3 is 2.76 bits per heavy atom. The summed E-state index contributed by atoms with van der Waals surface area (Å²) in [6.45, 7) is 6.22. The number of carbonyl (C=O) groups is 2. The van der Waals surface area contributed by atoms with E-state index < -0.39 is 10.8 Å². The van der Waals surface area contributed by atoms with Crippen LogP contribution in [0.2, 0.25) is 0 Å². The first-order chi connectivity index (χ1) is 15.6. The van der Waals surface area contributed by atoms with Gasteiger partial charge in [-0.05, 0) is 62.6 Å². The first-order valence-corrected chi connectivity index (χ1v) is 11.6. The molecule has 1 heterocycles. The molecule has 2 aromatic rings. The van der Waals surface area contributed by atoms with Gasteiger partial charge in [-0.25, -0.2) is 4.98 Å². The number of nitriles is 1. The lowest BCUT2D eigenvalue weighted by molar-refractivity contribution is -0.128. The second kappa shape index (κ2) is 6.90. The Hall–Kier alpha value is -3.20. The van der Waals surface area contributed by atoms with Crippen LogP contribution in [0.3, 0.4) is 0 Å². The van der Waals surface area contributed by atoms with Crippen molar-refractivity contribution >= 4 is 11.7 Å². The molecule has 3 atom stereocenters. The first kappa shape index (κ1) is 21.6. The molecule has 0 aliphatic heterocycles. The van der Waals surface area contributed by atoms with Crippen LogP contribution < -0.4 is 0 Å². The molecule has 33 heavy (non-hydrogen) atoms. The number of hydrogen-bond acceptors (Lipinski definition) is 4. The number of carbonyl (C=O) groups excluding carboxylic acids is 2. The summed E-state index contributed by atoms with van der Waals surface area (Å²) >= 11 is 0. The molecule has 0 bridgehead atoms. The van der Waals surface area contributed by atoms with E-state index in [1.165, 1.54) is 5.69 Å². The van der Waals surface area contributed by atoms with E-state index >= 15 is 0 Å². The van der Waals surface area contributed by atoms with E-state index in [2.05, 4.69) is 35.8 Å². The lowest BCUT2D eigenvalue weighted by Gasteiger charge is -2.44. The van der Waals surface area contributed by atoms with E-state index in [1.54, 1.807) is 19.0 Å². The van der Waals surface area contributed by atoms with Gasteiger partial charge in [-0.1, -0.05) is 25.1 Å². The van der Waals surface area contributed by atoms with E-state index in [4.69, 9.17) is 4.98 Å². The quantitative estimate of drug-likeness (QED) is 0.721. The predicted octanol–water partition coefficient (Wildman–Crippen LogP) is 3.83. The van der Waals surface area contributed by atoms with Crippen molar-refractivity contribution in [1.29, 1.82) is 5.26 Å². The van der Waals surface area contributed by atoms with Gasteiger partial charge in [-0.3, -0.25) is 9.59 Å². The van der Waals surface area contributed by atoms with Crippen LogP contribution in [0, 0.1) is 29.1 Å². The third kappa shape index (κ3) is 2.75. The second-order valence-electron chi connectivity index (χ2n) is 10.5. The van der Waals surface area contributed by atoms with Crippen LogP contribution in [0.25, 0.3) is 5.69 Å². The van der Waals surface area contributed by atoms with Crippen LogP contribution in [0.1, 0.15) is 55.9 Å². The smallest absolute Gasteiger partial charge is 0.222 e. The van der Waals surface area contributed by atoms with E-state index in [0.29, 0.717) is 12.8 Å². The zero-order chi connectivity index (χ0) is 23.8. The van der Waals surface area contributed by atoms with Gasteiger partial charge in [-0.2, -0.15) is 5.26 Å². The topological polar surface area (TPSA) is 79.0 Å². The zero-order valence-corrected chi connectivity index (χ0v) is 20.0. The average molecular weight is 443 g/mol. The van der Waals surface area contributed by atoms with Crippen molar-refractivity contribution in [3.05, 3.63) is 58.7 Å². The maximum absolute atomic E-state index is 13.0. The number of allylic oxidation sites excluding steroid dienone is 2. The number of rotatable bonds is 4. The maximum atomic E-state index is 13.0. The second-order valence-corrected chi connectivity index (χ2v) is 10.5.